The predicted octanol–water partition coefficient (Wildman–Crippen LogP) is 0.715. The Morgan fingerprint density at radius 1 is 1.21 bits per heavy atom. The lowest BCUT2D eigenvalue weighted by Gasteiger charge is -2.16. The van der Waals surface area contributed by atoms with E-state index in [2.05, 4.69) is 0 Å². The highest BCUT2D eigenvalue weighted by Gasteiger charge is 2.30. The lowest BCUT2D eigenvalue weighted by Crippen LogP contribution is -2.33. The second-order valence-corrected chi connectivity index (χ2v) is 7.81. The van der Waals surface area contributed by atoms with Crippen molar-refractivity contribution < 1.29 is 13.2 Å². The molecular formula is C12H23ClN2O3S. The summed E-state index contributed by atoms with van der Waals surface area (Å²) in [5.74, 6) is -0.0630. The SMILES string of the molecule is Cl.N[C@@H]1CCN(C(=O)CCS(=O)(=O)C2CCCC2)C1. The first-order chi connectivity index (χ1) is 8.49. The lowest BCUT2D eigenvalue weighted by molar-refractivity contribution is -0.129. The van der Waals surface area contributed by atoms with Crippen molar-refractivity contribution in [3.8, 4) is 0 Å². The summed E-state index contributed by atoms with van der Waals surface area (Å²) in [6.45, 7) is 1.24. The molecule has 0 spiro atoms. The van der Waals surface area contributed by atoms with Crippen molar-refractivity contribution in [2.45, 2.75) is 49.8 Å². The number of nitrogens with zero attached hydrogens (tertiary/aromatic N) is 1. The topological polar surface area (TPSA) is 80.5 Å². The summed E-state index contributed by atoms with van der Waals surface area (Å²) in [5.41, 5.74) is 5.73. The summed E-state index contributed by atoms with van der Waals surface area (Å²) >= 11 is 0. The Labute approximate surface area is 121 Å². The number of hydrogen-bond donors (Lipinski definition) is 1. The van der Waals surface area contributed by atoms with Crippen LogP contribution >= 0.6 is 12.4 Å². The van der Waals surface area contributed by atoms with Crippen LogP contribution in [0, 0.1) is 0 Å². The van der Waals surface area contributed by atoms with Gasteiger partial charge < -0.3 is 10.6 Å². The van der Waals surface area contributed by atoms with Crippen molar-refractivity contribution in [2.24, 2.45) is 5.73 Å². The molecule has 2 aliphatic rings. The second-order valence-electron chi connectivity index (χ2n) is 5.41. The maximum absolute atomic E-state index is 12.0. The fourth-order valence-corrected chi connectivity index (χ4v) is 4.66. The summed E-state index contributed by atoms with van der Waals surface area (Å²) in [5, 5.41) is -0.203. The Balaban J connectivity index is 0.00000180. The van der Waals surface area contributed by atoms with Crippen molar-refractivity contribution in [2.75, 3.05) is 18.8 Å². The van der Waals surface area contributed by atoms with Crippen LogP contribution in [0.4, 0.5) is 0 Å². The first-order valence-corrected chi connectivity index (χ1v) is 8.45. The molecular weight excluding hydrogens is 288 g/mol. The van der Waals surface area contributed by atoms with Crippen LogP contribution in [0.1, 0.15) is 38.5 Å². The third kappa shape index (κ3) is 4.33. The normalized spacial score (nSPS) is 24.5. The lowest BCUT2D eigenvalue weighted by atomic mass is 10.3. The molecule has 2 rings (SSSR count). The van der Waals surface area contributed by atoms with E-state index in [-0.39, 0.29) is 41.8 Å². The number of halogens is 1. The molecule has 1 saturated carbocycles. The average molecular weight is 311 g/mol. The zero-order chi connectivity index (χ0) is 13.2. The Hall–Kier alpha value is -0.330. The van der Waals surface area contributed by atoms with E-state index >= 15 is 0 Å². The highest BCUT2D eigenvalue weighted by molar-refractivity contribution is 7.92. The minimum atomic E-state index is -3.08. The summed E-state index contributed by atoms with van der Waals surface area (Å²) in [6.07, 6.45) is 4.47. The maximum Gasteiger partial charge on any atom is 0.223 e. The van der Waals surface area contributed by atoms with E-state index in [1.807, 2.05) is 0 Å². The third-order valence-corrected chi connectivity index (χ3v) is 6.25. The van der Waals surface area contributed by atoms with Gasteiger partial charge in [-0.1, -0.05) is 12.8 Å². The van der Waals surface area contributed by atoms with E-state index in [0.717, 1.165) is 32.1 Å². The smallest absolute Gasteiger partial charge is 0.223 e. The number of nitrogens with two attached hydrogens (primary N) is 1. The summed E-state index contributed by atoms with van der Waals surface area (Å²) in [6, 6.07) is 0.0559. The monoisotopic (exact) mass is 310 g/mol. The Bertz CT molecular complexity index is 407. The largest absolute Gasteiger partial charge is 0.341 e. The fraction of sp³-hybridized carbons (Fsp3) is 0.917. The van der Waals surface area contributed by atoms with E-state index in [9.17, 15) is 13.2 Å². The number of carbonyl (C=O) groups is 1. The standard InChI is InChI=1S/C12H22N2O3S.ClH/c13-10-5-7-14(9-10)12(15)6-8-18(16,17)11-3-1-2-4-11;/h10-11H,1-9,13H2;1H/t10-;/m1./s1. The van der Waals surface area contributed by atoms with Gasteiger partial charge in [-0.3, -0.25) is 4.79 Å². The molecule has 1 atom stereocenters. The van der Waals surface area contributed by atoms with Crippen LogP contribution in [0.15, 0.2) is 0 Å². The van der Waals surface area contributed by atoms with Gasteiger partial charge in [-0.05, 0) is 19.3 Å². The van der Waals surface area contributed by atoms with Gasteiger partial charge in [-0.25, -0.2) is 8.42 Å². The highest BCUT2D eigenvalue weighted by atomic mass is 35.5. The van der Waals surface area contributed by atoms with Crippen LogP contribution in [0.25, 0.3) is 0 Å². The minimum Gasteiger partial charge on any atom is -0.341 e. The molecule has 0 radical (unpaired) electrons. The van der Waals surface area contributed by atoms with Crippen molar-refractivity contribution in [3.05, 3.63) is 0 Å². The van der Waals surface area contributed by atoms with Crippen molar-refractivity contribution in [3.63, 3.8) is 0 Å². The Morgan fingerprint density at radius 3 is 2.37 bits per heavy atom. The van der Waals surface area contributed by atoms with E-state index in [4.69, 9.17) is 5.73 Å². The van der Waals surface area contributed by atoms with Crippen LogP contribution in [0.2, 0.25) is 0 Å². The van der Waals surface area contributed by atoms with Crippen molar-refractivity contribution in [1.82, 2.24) is 4.90 Å². The maximum atomic E-state index is 12.0. The van der Waals surface area contributed by atoms with E-state index in [0.29, 0.717) is 13.1 Å². The van der Waals surface area contributed by atoms with E-state index < -0.39 is 9.84 Å². The first-order valence-electron chi connectivity index (χ1n) is 6.74. The molecule has 0 aromatic rings. The molecule has 1 heterocycles. The molecule has 19 heavy (non-hydrogen) atoms. The zero-order valence-electron chi connectivity index (χ0n) is 11.1. The predicted molar refractivity (Wildman–Crippen MR) is 77.1 cm³/mol. The number of rotatable bonds is 4. The van der Waals surface area contributed by atoms with Crippen molar-refractivity contribution >= 4 is 28.2 Å². The number of amides is 1. The van der Waals surface area contributed by atoms with Crippen LogP contribution in [0.3, 0.4) is 0 Å². The quantitative estimate of drug-likeness (QED) is 0.829. The number of likely N-dealkylation sites (tertiary alicyclic amines) is 1. The van der Waals surface area contributed by atoms with Gasteiger partial charge in [0.05, 0.1) is 11.0 Å². The highest BCUT2D eigenvalue weighted by Crippen LogP contribution is 2.25. The van der Waals surface area contributed by atoms with Crippen LogP contribution in [-0.2, 0) is 14.6 Å². The van der Waals surface area contributed by atoms with Gasteiger partial charge >= 0.3 is 0 Å². The molecule has 0 aromatic heterocycles. The molecule has 5 nitrogen and oxygen atoms in total. The van der Waals surface area contributed by atoms with E-state index in [1.165, 1.54) is 0 Å². The first kappa shape index (κ1) is 16.7. The minimum absolute atomic E-state index is 0. The summed E-state index contributed by atoms with van der Waals surface area (Å²) in [7, 11) is -3.08. The van der Waals surface area contributed by atoms with Gasteiger partial charge in [-0.2, -0.15) is 0 Å². The Morgan fingerprint density at radius 2 is 1.84 bits per heavy atom. The molecule has 2 fully saturated rings. The molecule has 112 valence electrons. The second kappa shape index (κ2) is 6.90. The number of hydrogen-bond acceptors (Lipinski definition) is 4. The summed E-state index contributed by atoms with van der Waals surface area (Å²) in [4.78, 5) is 13.5. The molecule has 0 bridgehead atoms. The Kier molecular flexibility index (Phi) is 6.08. The van der Waals surface area contributed by atoms with Gasteiger partial charge in [0, 0.05) is 25.6 Å². The molecule has 1 aliphatic carbocycles. The molecule has 0 unspecified atom stereocenters. The molecule has 7 heteroatoms. The molecule has 2 N–H and O–H groups in total. The molecule has 0 aromatic carbocycles. The zero-order valence-corrected chi connectivity index (χ0v) is 12.7. The average Bonchev–Trinajstić information content (AvgIpc) is 2.96. The van der Waals surface area contributed by atoms with Crippen LogP contribution < -0.4 is 5.73 Å². The molecule has 1 amide bonds. The number of carbonyl (C=O) groups excluding carboxylic acids is 1. The third-order valence-electron chi connectivity index (χ3n) is 3.99. The fourth-order valence-electron chi connectivity index (χ4n) is 2.82. The van der Waals surface area contributed by atoms with Crippen molar-refractivity contribution in [1.29, 1.82) is 0 Å². The van der Waals surface area contributed by atoms with Gasteiger partial charge in [0.25, 0.3) is 0 Å². The van der Waals surface area contributed by atoms with Crippen LogP contribution in [-0.4, -0.2) is 49.4 Å². The van der Waals surface area contributed by atoms with E-state index in [1.54, 1.807) is 4.90 Å². The van der Waals surface area contributed by atoms with Gasteiger partial charge in [0.2, 0.25) is 5.91 Å². The van der Waals surface area contributed by atoms with Gasteiger partial charge in [0.15, 0.2) is 9.84 Å². The van der Waals surface area contributed by atoms with Gasteiger partial charge in [0.1, 0.15) is 0 Å². The van der Waals surface area contributed by atoms with Gasteiger partial charge in [-0.15, -0.1) is 12.4 Å². The summed E-state index contributed by atoms with van der Waals surface area (Å²) < 4.78 is 24.0. The molecule has 1 aliphatic heterocycles. The number of sulfone groups is 1. The molecule has 1 saturated heterocycles. The van der Waals surface area contributed by atoms with Crippen LogP contribution in [0.5, 0.6) is 0 Å².